The van der Waals surface area contributed by atoms with Crippen LogP contribution in [0.1, 0.15) is 5.69 Å². The minimum atomic E-state index is 0.981. The number of hydrogen-bond donors (Lipinski definition) is 0. The summed E-state index contributed by atoms with van der Waals surface area (Å²) in [5.74, 6) is 0. The van der Waals surface area contributed by atoms with Crippen molar-refractivity contribution in [3.63, 3.8) is 0 Å². The molecule has 0 aliphatic heterocycles. The van der Waals surface area contributed by atoms with Gasteiger partial charge in [-0.25, -0.2) is 0 Å². The molecule has 2 heteroatoms. The smallest absolute Gasteiger partial charge is 0.0795 e. The Morgan fingerprint density at radius 1 is 0.882 bits per heavy atom. The molecule has 2 nitrogen and oxygen atoms in total. The van der Waals surface area contributed by atoms with E-state index in [1.807, 2.05) is 43.5 Å². The molecule has 0 bridgehead atoms. The van der Waals surface area contributed by atoms with Gasteiger partial charge in [0.25, 0.3) is 0 Å². The Morgan fingerprint density at radius 3 is 2.59 bits per heavy atom. The van der Waals surface area contributed by atoms with E-state index in [9.17, 15) is 0 Å². The fourth-order valence-electron chi connectivity index (χ4n) is 2.00. The first-order valence-electron chi connectivity index (χ1n) is 5.62. The van der Waals surface area contributed by atoms with Crippen molar-refractivity contribution in [3.05, 3.63) is 60.4 Å². The van der Waals surface area contributed by atoms with Gasteiger partial charge in [0.1, 0.15) is 0 Å². The minimum absolute atomic E-state index is 0.981. The summed E-state index contributed by atoms with van der Waals surface area (Å²) in [5.41, 5.74) is 4.10. The number of benzene rings is 1. The topological polar surface area (TPSA) is 25.8 Å². The Morgan fingerprint density at radius 2 is 1.71 bits per heavy atom. The lowest BCUT2D eigenvalue weighted by atomic mass is 10.1. The van der Waals surface area contributed by atoms with Crippen LogP contribution in [0.15, 0.2) is 54.7 Å². The van der Waals surface area contributed by atoms with E-state index < -0.39 is 0 Å². The molecule has 0 atom stereocenters. The Bertz CT molecular complexity index is 669. The van der Waals surface area contributed by atoms with Crippen LogP contribution < -0.4 is 0 Å². The molecule has 0 spiro atoms. The van der Waals surface area contributed by atoms with Crippen LogP contribution in [0.4, 0.5) is 0 Å². The van der Waals surface area contributed by atoms with Crippen LogP contribution in [0, 0.1) is 6.92 Å². The molecule has 3 aromatic rings. The van der Waals surface area contributed by atoms with Crippen LogP contribution in [-0.2, 0) is 0 Å². The first-order valence-corrected chi connectivity index (χ1v) is 5.62. The zero-order valence-corrected chi connectivity index (χ0v) is 9.59. The van der Waals surface area contributed by atoms with Gasteiger partial charge in [-0.1, -0.05) is 30.3 Å². The van der Waals surface area contributed by atoms with Crippen LogP contribution >= 0.6 is 0 Å². The number of para-hydroxylation sites is 1. The quantitative estimate of drug-likeness (QED) is 0.626. The van der Waals surface area contributed by atoms with E-state index in [1.54, 1.807) is 0 Å². The number of hydrogen-bond acceptors (Lipinski definition) is 2. The predicted molar refractivity (Wildman–Crippen MR) is 69.7 cm³/mol. The van der Waals surface area contributed by atoms with Gasteiger partial charge in [-0.3, -0.25) is 9.97 Å². The SMILES string of the molecule is Cc1cccc(-c2cccc3cccnc23)n1. The van der Waals surface area contributed by atoms with Gasteiger partial charge in [0.15, 0.2) is 0 Å². The van der Waals surface area contributed by atoms with E-state index in [0.717, 1.165) is 27.9 Å². The fourth-order valence-corrected chi connectivity index (χ4v) is 2.00. The van der Waals surface area contributed by atoms with E-state index in [2.05, 4.69) is 28.2 Å². The second-order valence-corrected chi connectivity index (χ2v) is 4.04. The Kier molecular flexibility index (Phi) is 2.33. The molecule has 17 heavy (non-hydrogen) atoms. The summed E-state index contributed by atoms with van der Waals surface area (Å²) in [6.45, 7) is 2.00. The molecule has 0 aliphatic rings. The van der Waals surface area contributed by atoms with Gasteiger partial charge in [0.05, 0.1) is 11.2 Å². The van der Waals surface area contributed by atoms with E-state index in [0.29, 0.717) is 0 Å². The standard InChI is InChI=1S/C15H12N2/c1-11-5-2-9-14(17-11)13-8-3-6-12-7-4-10-16-15(12)13/h2-10H,1H3. The highest BCUT2D eigenvalue weighted by molar-refractivity contribution is 5.92. The van der Waals surface area contributed by atoms with E-state index in [1.165, 1.54) is 0 Å². The first kappa shape index (κ1) is 9.97. The molecule has 0 unspecified atom stereocenters. The van der Waals surface area contributed by atoms with Crippen LogP contribution in [0.2, 0.25) is 0 Å². The highest BCUT2D eigenvalue weighted by atomic mass is 14.7. The van der Waals surface area contributed by atoms with Gasteiger partial charge in [-0.15, -0.1) is 0 Å². The van der Waals surface area contributed by atoms with Crippen LogP contribution in [0.25, 0.3) is 22.2 Å². The summed E-state index contributed by atoms with van der Waals surface area (Å²) in [4.78, 5) is 9.00. The molecule has 1 aromatic carbocycles. The summed E-state index contributed by atoms with van der Waals surface area (Å²) in [6, 6.07) is 16.3. The maximum absolute atomic E-state index is 4.55. The molecular weight excluding hydrogens is 208 g/mol. The Labute approximate surface area is 100.0 Å². The third kappa shape index (κ3) is 1.78. The number of nitrogens with zero attached hydrogens (tertiary/aromatic N) is 2. The monoisotopic (exact) mass is 220 g/mol. The van der Waals surface area contributed by atoms with Crippen molar-refractivity contribution in [2.24, 2.45) is 0 Å². The maximum atomic E-state index is 4.55. The number of pyridine rings is 2. The van der Waals surface area contributed by atoms with Crippen molar-refractivity contribution in [2.45, 2.75) is 6.92 Å². The first-order chi connectivity index (χ1) is 8.34. The number of aryl methyl sites for hydroxylation is 1. The predicted octanol–water partition coefficient (Wildman–Crippen LogP) is 3.61. The summed E-state index contributed by atoms with van der Waals surface area (Å²) in [7, 11) is 0. The zero-order chi connectivity index (χ0) is 11.7. The second-order valence-electron chi connectivity index (χ2n) is 4.04. The lowest BCUT2D eigenvalue weighted by Crippen LogP contribution is -1.88. The van der Waals surface area contributed by atoms with E-state index in [4.69, 9.17) is 0 Å². The summed E-state index contributed by atoms with van der Waals surface area (Å²) in [6.07, 6.45) is 1.82. The van der Waals surface area contributed by atoms with Gasteiger partial charge >= 0.3 is 0 Å². The molecule has 0 radical (unpaired) electrons. The third-order valence-electron chi connectivity index (χ3n) is 2.80. The van der Waals surface area contributed by atoms with Gasteiger partial charge in [0, 0.05) is 22.8 Å². The largest absolute Gasteiger partial charge is 0.256 e. The molecule has 0 saturated carbocycles. The molecule has 2 heterocycles. The average molecular weight is 220 g/mol. The Hall–Kier alpha value is -2.22. The molecule has 0 saturated heterocycles. The lowest BCUT2D eigenvalue weighted by molar-refractivity contribution is 1.21. The minimum Gasteiger partial charge on any atom is -0.256 e. The number of rotatable bonds is 1. The van der Waals surface area contributed by atoms with Gasteiger partial charge < -0.3 is 0 Å². The molecular formula is C15H12N2. The molecule has 0 N–H and O–H groups in total. The Balaban J connectivity index is 2.30. The van der Waals surface area contributed by atoms with Gasteiger partial charge in [-0.2, -0.15) is 0 Å². The van der Waals surface area contributed by atoms with Crippen LogP contribution in [0.3, 0.4) is 0 Å². The summed E-state index contributed by atoms with van der Waals surface area (Å²) < 4.78 is 0. The van der Waals surface area contributed by atoms with E-state index >= 15 is 0 Å². The van der Waals surface area contributed by atoms with E-state index in [-0.39, 0.29) is 0 Å². The highest BCUT2D eigenvalue weighted by Crippen LogP contribution is 2.25. The van der Waals surface area contributed by atoms with Gasteiger partial charge in [0.2, 0.25) is 0 Å². The highest BCUT2D eigenvalue weighted by Gasteiger charge is 2.05. The third-order valence-corrected chi connectivity index (χ3v) is 2.80. The van der Waals surface area contributed by atoms with Gasteiger partial charge in [-0.05, 0) is 25.1 Å². The molecule has 3 rings (SSSR count). The number of fused-ring (bicyclic) bond motifs is 1. The lowest BCUT2D eigenvalue weighted by Gasteiger charge is -2.05. The molecule has 82 valence electrons. The molecule has 0 aliphatic carbocycles. The average Bonchev–Trinajstić information content (AvgIpc) is 2.38. The number of aromatic nitrogens is 2. The van der Waals surface area contributed by atoms with Crippen molar-refractivity contribution >= 4 is 10.9 Å². The van der Waals surface area contributed by atoms with Crippen LogP contribution in [-0.4, -0.2) is 9.97 Å². The van der Waals surface area contributed by atoms with Crippen molar-refractivity contribution < 1.29 is 0 Å². The van der Waals surface area contributed by atoms with Crippen molar-refractivity contribution in [2.75, 3.05) is 0 Å². The molecule has 2 aromatic heterocycles. The summed E-state index contributed by atoms with van der Waals surface area (Å²) >= 11 is 0. The summed E-state index contributed by atoms with van der Waals surface area (Å²) in [5, 5.41) is 1.15. The zero-order valence-electron chi connectivity index (χ0n) is 9.59. The van der Waals surface area contributed by atoms with Crippen molar-refractivity contribution in [1.29, 1.82) is 0 Å². The second kappa shape index (κ2) is 3.98. The molecule has 0 fully saturated rings. The molecule has 0 amide bonds. The van der Waals surface area contributed by atoms with Crippen molar-refractivity contribution in [3.8, 4) is 11.3 Å². The normalized spacial score (nSPS) is 10.6. The maximum Gasteiger partial charge on any atom is 0.0795 e. The van der Waals surface area contributed by atoms with Crippen molar-refractivity contribution in [1.82, 2.24) is 9.97 Å². The van der Waals surface area contributed by atoms with Crippen LogP contribution in [0.5, 0.6) is 0 Å². The fraction of sp³-hybridized carbons (Fsp3) is 0.0667.